The Bertz CT molecular complexity index is 1120. The molecule has 0 aliphatic rings. The van der Waals surface area contributed by atoms with Crippen molar-refractivity contribution < 1.29 is 9.18 Å². The van der Waals surface area contributed by atoms with Gasteiger partial charge in [0.2, 0.25) is 0 Å². The molecule has 0 fully saturated rings. The number of amides is 2. The van der Waals surface area contributed by atoms with Crippen molar-refractivity contribution in [1.29, 1.82) is 0 Å². The minimum atomic E-state index is -0.433. The van der Waals surface area contributed by atoms with Gasteiger partial charge in [-0.1, -0.05) is 0 Å². The van der Waals surface area contributed by atoms with E-state index in [9.17, 15) is 9.18 Å². The van der Waals surface area contributed by atoms with Gasteiger partial charge in [0.05, 0.1) is 29.1 Å². The zero-order chi connectivity index (χ0) is 18.8. The lowest BCUT2D eigenvalue weighted by Crippen LogP contribution is -2.19. The number of hydrogen-bond acceptors (Lipinski definition) is 4. The van der Waals surface area contributed by atoms with Gasteiger partial charge in [-0.3, -0.25) is 9.67 Å². The maximum Gasteiger partial charge on any atom is 0.323 e. The standard InChI is InChI=1S/C19H15FN6O/c1-26-11-12(9-22-26)18-10-21-16-7-6-15(8-17(16)25-18)24-19(27)23-14-4-2-13(20)3-5-14/h2-11H,1H3,(H2,23,24,27). The second-order valence-corrected chi connectivity index (χ2v) is 5.95. The summed E-state index contributed by atoms with van der Waals surface area (Å²) in [5, 5.41) is 9.51. The molecule has 2 N–H and O–H groups in total. The van der Waals surface area contributed by atoms with Gasteiger partial charge in [0.15, 0.2) is 0 Å². The lowest BCUT2D eigenvalue weighted by Gasteiger charge is -2.08. The minimum absolute atomic E-state index is 0.363. The molecule has 0 aliphatic carbocycles. The van der Waals surface area contributed by atoms with Crippen LogP contribution in [0.3, 0.4) is 0 Å². The van der Waals surface area contributed by atoms with Gasteiger partial charge in [0, 0.05) is 30.2 Å². The molecule has 0 saturated heterocycles. The number of fused-ring (bicyclic) bond motifs is 1. The molecule has 2 amide bonds. The van der Waals surface area contributed by atoms with Crippen LogP contribution in [0.4, 0.5) is 20.6 Å². The van der Waals surface area contributed by atoms with Crippen molar-refractivity contribution >= 4 is 28.4 Å². The number of nitrogens with zero attached hydrogens (tertiary/aromatic N) is 4. The Morgan fingerprint density at radius 3 is 2.48 bits per heavy atom. The maximum atomic E-state index is 12.9. The Morgan fingerprint density at radius 2 is 1.74 bits per heavy atom. The van der Waals surface area contributed by atoms with Crippen molar-refractivity contribution in [3.63, 3.8) is 0 Å². The van der Waals surface area contributed by atoms with Crippen LogP contribution in [0.1, 0.15) is 0 Å². The summed E-state index contributed by atoms with van der Waals surface area (Å²) >= 11 is 0. The monoisotopic (exact) mass is 362 g/mol. The zero-order valence-corrected chi connectivity index (χ0v) is 14.3. The molecule has 27 heavy (non-hydrogen) atoms. The van der Waals surface area contributed by atoms with Crippen LogP contribution in [0, 0.1) is 5.82 Å². The number of urea groups is 1. The Hall–Kier alpha value is -3.81. The molecule has 0 atom stereocenters. The highest BCUT2D eigenvalue weighted by atomic mass is 19.1. The number of halogens is 1. The molecule has 2 heterocycles. The molecule has 0 radical (unpaired) electrons. The number of anilines is 2. The zero-order valence-electron chi connectivity index (χ0n) is 14.3. The summed E-state index contributed by atoms with van der Waals surface area (Å²) in [7, 11) is 1.83. The summed E-state index contributed by atoms with van der Waals surface area (Å²) in [6, 6.07) is 10.4. The highest BCUT2D eigenvalue weighted by Gasteiger charge is 2.07. The second kappa shape index (κ2) is 6.83. The Balaban J connectivity index is 1.54. The fraction of sp³-hybridized carbons (Fsp3) is 0.0526. The summed E-state index contributed by atoms with van der Waals surface area (Å²) in [5.41, 5.74) is 3.99. The van der Waals surface area contributed by atoms with E-state index in [-0.39, 0.29) is 5.82 Å². The lowest BCUT2D eigenvalue weighted by molar-refractivity contribution is 0.262. The topological polar surface area (TPSA) is 84.7 Å². The molecule has 8 heteroatoms. The molecule has 0 spiro atoms. The van der Waals surface area contributed by atoms with Crippen LogP contribution in [-0.2, 0) is 7.05 Å². The van der Waals surface area contributed by atoms with Gasteiger partial charge in [-0.2, -0.15) is 5.10 Å². The van der Waals surface area contributed by atoms with Gasteiger partial charge in [0.1, 0.15) is 5.82 Å². The van der Waals surface area contributed by atoms with Gasteiger partial charge < -0.3 is 10.6 Å². The van der Waals surface area contributed by atoms with Crippen molar-refractivity contribution in [1.82, 2.24) is 19.7 Å². The molecular formula is C19H15FN6O. The smallest absolute Gasteiger partial charge is 0.308 e. The second-order valence-electron chi connectivity index (χ2n) is 5.95. The van der Waals surface area contributed by atoms with Gasteiger partial charge in [-0.15, -0.1) is 0 Å². The van der Waals surface area contributed by atoms with E-state index in [2.05, 4.69) is 25.7 Å². The summed E-state index contributed by atoms with van der Waals surface area (Å²) in [6.07, 6.45) is 5.26. The van der Waals surface area contributed by atoms with E-state index >= 15 is 0 Å². The highest BCUT2D eigenvalue weighted by Crippen LogP contribution is 2.21. The molecule has 0 bridgehead atoms. The number of aromatic nitrogens is 4. The molecule has 4 aromatic rings. The average Bonchev–Trinajstić information content (AvgIpc) is 3.09. The third kappa shape index (κ3) is 3.74. The van der Waals surface area contributed by atoms with E-state index in [0.717, 1.165) is 5.56 Å². The Labute approximate surface area is 153 Å². The van der Waals surface area contributed by atoms with E-state index in [1.54, 1.807) is 35.3 Å². The molecule has 4 rings (SSSR count). The Morgan fingerprint density at radius 1 is 1.00 bits per heavy atom. The molecule has 2 aromatic carbocycles. The van der Waals surface area contributed by atoms with Crippen LogP contribution in [-0.4, -0.2) is 25.8 Å². The predicted molar refractivity (Wildman–Crippen MR) is 101 cm³/mol. The third-order valence-electron chi connectivity index (χ3n) is 3.90. The summed E-state index contributed by atoms with van der Waals surface area (Å²) in [4.78, 5) is 21.1. The maximum absolute atomic E-state index is 12.9. The van der Waals surface area contributed by atoms with E-state index < -0.39 is 6.03 Å². The van der Waals surface area contributed by atoms with E-state index in [1.165, 1.54) is 24.3 Å². The van der Waals surface area contributed by atoms with E-state index in [0.29, 0.717) is 28.1 Å². The van der Waals surface area contributed by atoms with Gasteiger partial charge >= 0.3 is 6.03 Å². The van der Waals surface area contributed by atoms with Crippen molar-refractivity contribution in [2.45, 2.75) is 0 Å². The average molecular weight is 362 g/mol. The molecule has 7 nitrogen and oxygen atoms in total. The van der Waals surface area contributed by atoms with Crippen LogP contribution in [0.5, 0.6) is 0 Å². The Kier molecular flexibility index (Phi) is 4.21. The van der Waals surface area contributed by atoms with E-state index in [1.807, 2.05) is 13.2 Å². The van der Waals surface area contributed by atoms with Crippen LogP contribution in [0.25, 0.3) is 22.3 Å². The highest BCUT2D eigenvalue weighted by molar-refractivity contribution is 6.00. The quantitative estimate of drug-likeness (QED) is 0.580. The molecule has 134 valence electrons. The lowest BCUT2D eigenvalue weighted by atomic mass is 10.2. The van der Waals surface area contributed by atoms with E-state index in [4.69, 9.17) is 0 Å². The van der Waals surface area contributed by atoms with Crippen LogP contribution in [0.2, 0.25) is 0 Å². The summed E-state index contributed by atoms with van der Waals surface area (Å²) in [6.45, 7) is 0. The van der Waals surface area contributed by atoms with Gasteiger partial charge in [-0.25, -0.2) is 14.2 Å². The van der Waals surface area contributed by atoms with Crippen molar-refractivity contribution in [2.75, 3.05) is 10.6 Å². The van der Waals surface area contributed by atoms with Gasteiger partial charge in [0.25, 0.3) is 0 Å². The third-order valence-corrected chi connectivity index (χ3v) is 3.90. The van der Waals surface area contributed by atoms with Crippen LogP contribution in [0.15, 0.2) is 61.1 Å². The first-order valence-electron chi connectivity index (χ1n) is 8.16. The fourth-order valence-corrected chi connectivity index (χ4v) is 2.61. The number of carbonyl (C=O) groups is 1. The van der Waals surface area contributed by atoms with Crippen molar-refractivity contribution in [3.8, 4) is 11.3 Å². The first kappa shape index (κ1) is 16.6. The molecule has 2 aromatic heterocycles. The van der Waals surface area contributed by atoms with Crippen LogP contribution < -0.4 is 10.6 Å². The normalized spacial score (nSPS) is 10.7. The van der Waals surface area contributed by atoms with Crippen molar-refractivity contribution in [3.05, 3.63) is 66.9 Å². The first-order valence-corrected chi connectivity index (χ1v) is 8.16. The molecule has 0 saturated carbocycles. The predicted octanol–water partition coefficient (Wildman–Crippen LogP) is 3.81. The number of benzene rings is 2. The van der Waals surface area contributed by atoms with Gasteiger partial charge in [-0.05, 0) is 42.5 Å². The number of nitrogens with one attached hydrogen (secondary N) is 2. The SMILES string of the molecule is Cn1cc(-c2cnc3ccc(NC(=O)Nc4ccc(F)cc4)cc3n2)cn1. The molecule has 0 unspecified atom stereocenters. The van der Waals surface area contributed by atoms with Crippen LogP contribution >= 0.6 is 0 Å². The number of hydrogen-bond donors (Lipinski definition) is 2. The number of aryl methyl sites for hydroxylation is 1. The fourth-order valence-electron chi connectivity index (χ4n) is 2.61. The number of carbonyl (C=O) groups excluding carboxylic acids is 1. The number of rotatable bonds is 3. The minimum Gasteiger partial charge on any atom is -0.308 e. The first-order chi connectivity index (χ1) is 13.1. The van der Waals surface area contributed by atoms with Crippen molar-refractivity contribution in [2.24, 2.45) is 7.05 Å². The summed E-state index contributed by atoms with van der Waals surface area (Å²) in [5.74, 6) is -0.363. The molecular weight excluding hydrogens is 347 g/mol. The molecule has 0 aliphatic heterocycles. The summed E-state index contributed by atoms with van der Waals surface area (Å²) < 4.78 is 14.6. The largest absolute Gasteiger partial charge is 0.323 e.